The lowest BCUT2D eigenvalue weighted by Crippen LogP contribution is -2.01. The molecular formula is C16H19FN2O2. The summed E-state index contributed by atoms with van der Waals surface area (Å²) in [6.45, 7) is 2.95. The number of aliphatic carboxylic acids is 1. The molecule has 2 rings (SSSR count). The zero-order chi connectivity index (χ0) is 15.2. The van der Waals surface area contributed by atoms with Crippen LogP contribution in [0.3, 0.4) is 0 Å². The van der Waals surface area contributed by atoms with Crippen LogP contribution in [0.15, 0.2) is 30.5 Å². The van der Waals surface area contributed by atoms with Crippen LogP contribution in [0.25, 0.3) is 11.3 Å². The number of carboxylic acid groups (broad SMARTS) is 1. The van der Waals surface area contributed by atoms with Crippen molar-refractivity contribution in [1.29, 1.82) is 0 Å². The molecule has 0 radical (unpaired) electrons. The molecule has 1 aromatic heterocycles. The van der Waals surface area contributed by atoms with Crippen molar-refractivity contribution < 1.29 is 14.3 Å². The minimum Gasteiger partial charge on any atom is -0.481 e. The van der Waals surface area contributed by atoms with Gasteiger partial charge in [0.15, 0.2) is 0 Å². The van der Waals surface area contributed by atoms with E-state index in [4.69, 9.17) is 5.11 Å². The van der Waals surface area contributed by atoms with Crippen molar-refractivity contribution in [3.05, 3.63) is 41.8 Å². The second-order valence-corrected chi connectivity index (χ2v) is 5.06. The van der Waals surface area contributed by atoms with Crippen LogP contribution in [-0.4, -0.2) is 20.9 Å². The Hall–Kier alpha value is -2.17. The highest BCUT2D eigenvalue weighted by molar-refractivity contribution is 5.71. The van der Waals surface area contributed by atoms with E-state index in [2.05, 4.69) is 12.0 Å². The van der Waals surface area contributed by atoms with Gasteiger partial charge in [0.25, 0.3) is 0 Å². The van der Waals surface area contributed by atoms with Gasteiger partial charge in [-0.15, -0.1) is 0 Å². The first-order chi connectivity index (χ1) is 10.1. The molecule has 5 heteroatoms. The SMILES string of the molecule is CCCCCn1ccc(-c2cc(CC(=O)O)ccc2F)n1. The van der Waals surface area contributed by atoms with Crippen molar-refractivity contribution in [2.45, 2.75) is 39.2 Å². The first-order valence-electron chi connectivity index (χ1n) is 7.14. The van der Waals surface area contributed by atoms with Gasteiger partial charge < -0.3 is 5.11 Å². The van der Waals surface area contributed by atoms with Crippen molar-refractivity contribution in [3.8, 4) is 11.3 Å². The monoisotopic (exact) mass is 290 g/mol. The fourth-order valence-electron chi connectivity index (χ4n) is 2.21. The van der Waals surface area contributed by atoms with E-state index in [1.807, 2.05) is 6.20 Å². The largest absolute Gasteiger partial charge is 0.481 e. The summed E-state index contributed by atoms with van der Waals surface area (Å²) in [5, 5.41) is 13.2. The lowest BCUT2D eigenvalue weighted by molar-refractivity contribution is -0.136. The molecule has 0 saturated carbocycles. The van der Waals surface area contributed by atoms with Crippen LogP contribution in [0.5, 0.6) is 0 Å². The predicted molar refractivity (Wildman–Crippen MR) is 78.5 cm³/mol. The summed E-state index contributed by atoms with van der Waals surface area (Å²) in [5.41, 5.74) is 1.46. The zero-order valence-corrected chi connectivity index (χ0v) is 12.1. The third kappa shape index (κ3) is 4.15. The second kappa shape index (κ2) is 7.02. The van der Waals surface area contributed by atoms with Crippen LogP contribution in [0, 0.1) is 5.82 Å². The zero-order valence-electron chi connectivity index (χ0n) is 12.1. The Labute approximate surface area is 123 Å². The molecule has 1 heterocycles. The van der Waals surface area contributed by atoms with Crippen LogP contribution in [-0.2, 0) is 17.8 Å². The molecule has 0 fully saturated rings. The highest BCUT2D eigenvalue weighted by Gasteiger charge is 2.11. The first kappa shape index (κ1) is 15.2. The summed E-state index contributed by atoms with van der Waals surface area (Å²) >= 11 is 0. The minimum absolute atomic E-state index is 0.121. The lowest BCUT2D eigenvalue weighted by atomic mass is 10.1. The summed E-state index contributed by atoms with van der Waals surface area (Å²) in [6, 6.07) is 6.10. The Morgan fingerprint density at radius 1 is 1.33 bits per heavy atom. The molecule has 2 aromatic rings. The summed E-state index contributed by atoms with van der Waals surface area (Å²) in [4.78, 5) is 10.7. The predicted octanol–water partition coefficient (Wildman–Crippen LogP) is 3.51. The van der Waals surface area contributed by atoms with E-state index in [9.17, 15) is 9.18 Å². The second-order valence-electron chi connectivity index (χ2n) is 5.06. The fourth-order valence-corrected chi connectivity index (χ4v) is 2.21. The number of unbranched alkanes of at least 4 members (excludes halogenated alkanes) is 2. The van der Waals surface area contributed by atoms with Crippen molar-refractivity contribution in [1.82, 2.24) is 9.78 Å². The van der Waals surface area contributed by atoms with E-state index < -0.39 is 5.97 Å². The van der Waals surface area contributed by atoms with E-state index in [0.717, 1.165) is 25.8 Å². The molecule has 0 spiro atoms. The molecule has 0 aliphatic heterocycles. The maximum Gasteiger partial charge on any atom is 0.307 e. The van der Waals surface area contributed by atoms with Crippen LogP contribution < -0.4 is 0 Å². The minimum atomic E-state index is -0.933. The third-order valence-electron chi connectivity index (χ3n) is 3.29. The Kier molecular flexibility index (Phi) is 5.09. The Balaban J connectivity index is 2.18. The number of hydrogen-bond acceptors (Lipinski definition) is 2. The van der Waals surface area contributed by atoms with Gasteiger partial charge in [-0.1, -0.05) is 25.8 Å². The number of carbonyl (C=O) groups is 1. The van der Waals surface area contributed by atoms with Gasteiger partial charge in [-0.05, 0) is 30.2 Å². The molecule has 0 amide bonds. The number of halogens is 1. The van der Waals surface area contributed by atoms with E-state index in [1.54, 1.807) is 16.8 Å². The van der Waals surface area contributed by atoms with Crippen molar-refractivity contribution >= 4 is 5.97 Å². The number of rotatable bonds is 7. The van der Waals surface area contributed by atoms with Gasteiger partial charge >= 0.3 is 5.97 Å². The van der Waals surface area contributed by atoms with Gasteiger partial charge in [0.2, 0.25) is 0 Å². The van der Waals surface area contributed by atoms with E-state index >= 15 is 0 Å². The Bertz CT molecular complexity index is 622. The van der Waals surface area contributed by atoms with Crippen LogP contribution >= 0.6 is 0 Å². The summed E-state index contributed by atoms with van der Waals surface area (Å²) in [7, 11) is 0. The quantitative estimate of drug-likeness (QED) is 0.794. The smallest absolute Gasteiger partial charge is 0.307 e. The molecule has 21 heavy (non-hydrogen) atoms. The van der Waals surface area contributed by atoms with Crippen LogP contribution in [0.1, 0.15) is 31.7 Å². The maximum atomic E-state index is 13.9. The third-order valence-corrected chi connectivity index (χ3v) is 3.29. The van der Waals surface area contributed by atoms with Gasteiger partial charge in [-0.3, -0.25) is 9.48 Å². The average Bonchev–Trinajstić information content (AvgIpc) is 2.89. The fraction of sp³-hybridized carbons (Fsp3) is 0.375. The molecule has 112 valence electrons. The van der Waals surface area contributed by atoms with E-state index in [1.165, 1.54) is 12.1 Å². The normalized spacial score (nSPS) is 10.8. The molecule has 0 atom stereocenters. The molecule has 0 aliphatic carbocycles. The van der Waals surface area contributed by atoms with Crippen LogP contribution in [0.2, 0.25) is 0 Å². The Morgan fingerprint density at radius 3 is 2.86 bits per heavy atom. The van der Waals surface area contributed by atoms with Crippen molar-refractivity contribution in [3.63, 3.8) is 0 Å². The van der Waals surface area contributed by atoms with Gasteiger partial charge in [0.1, 0.15) is 5.82 Å². The van der Waals surface area contributed by atoms with E-state index in [-0.39, 0.29) is 12.2 Å². The first-order valence-corrected chi connectivity index (χ1v) is 7.14. The van der Waals surface area contributed by atoms with Crippen LogP contribution in [0.4, 0.5) is 4.39 Å². The molecule has 0 bridgehead atoms. The highest BCUT2D eigenvalue weighted by Crippen LogP contribution is 2.22. The average molecular weight is 290 g/mol. The molecule has 4 nitrogen and oxygen atoms in total. The number of aryl methyl sites for hydroxylation is 1. The van der Waals surface area contributed by atoms with Crippen molar-refractivity contribution in [2.75, 3.05) is 0 Å². The van der Waals surface area contributed by atoms with Gasteiger partial charge in [0.05, 0.1) is 12.1 Å². The summed E-state index contributed by atoms with van der Waals surface area (Å²) in [6.07, 6.45) is 5.02. The molecule has 0 aliphatic rings. The molecule has 1 N–H and O–H groups in total. The lowest BCUT2D eigenvalue weighted by Gasteiger charge is -2.04. The molecule has 0 unspecified atom stereocenters. The standard InChI is InChI=1S/C16H19FN2O2/c1-2-3-4-8-19-9-7-15(18-19)13-10-12(11-16(20)21)5-6-14(13)17/h5-7,9-10H,2-4,8,11H2,1H3,(H,20,21). The van der Waals surface area contributed by atoms with Gasteiger partial charge in [-0.2, -0.15) is 5.10 Å². The molecular weight excluding hydrogens is 271 g/mol. The Morgan fingerprint density at radius 2 is 2.14 bits per heavy atom. The molecule has 1 aromatic carbocycles. The number of nitrogens with zero attached hydrogens (tertiary/aromatic N) is 2. The number of benzene rings is 1. The summed E-state index contributed by atoms with van der Waals surface area (Å²) in [5.74, 6) is -1.32. The van der Waals surface area contributed by atoms with E-state index in [0.29, 0.717) is 16.8 Å². The maximum absolute atomic E-state index is 13.9. The number of carboxylic acids is 1. The number of aromatic nitrogens is 2. The summed E-state index contributed by atoms with van der Waals surface area (Å²) < 4.78 is 15.7. The number of hydrogen-bond donors (Lipinski definition) is 1. The topological polar surface area (TPSA) is 55.1 Å². The van der Waals surface area contributed by atoms with Crippen molar-refractivity contribution in [2.24, 2.45) is 0 Å². The molecule has 0 saturated heterocycles. The van der Waals surface area contributed by atoms with Gasteiger partial charge in [0, 0.05) is 18.3 Å². The van der Waals surface area contributed by atoms with Gasteiger partial charge in [-0.25, -0.2) is 4.39 Å². The highest BCUT2D eigenvalue weighted by atomic mass is 19.1.